The van der Waals surface area contributed by atoms with Gasteiger partial charge in [-0.15, -0.1) is 12.6 Å². The van der Waals surface area contributed by atoms with Crippen molar-refractivity contribution in [1.29, 1.82) is 0 Å². The van der Waals surface area contributed by atoms with Crippen LogP contribution in [0.1, 0.15) is 69.5 Å². The van der Waals surface area contributed by atoms with Gasteiger partial charge in [0.2, 0.25) is 0 Å². The van der Waals surface area contributed by atoms with Crippen LogP contribution in [0.15, 0.2) is 24.3 Å². The van der Waals surface area contributed by atoms with Gasteiger partial charge in [0.1, 0.15) is 0 Å². The first-order valence-electron chi connectivity index (χ1n) is 11.3. The summed E-state index contributed by atoms with van der Waals surface area (Å²) in [5.74, 6) is 1.51. The fraction of sp³-hybridized carbons (Fsp3) is 0.750. The quantitative estimate of drug-likeness (QED) is 0.480. The van der Waals surface area contributed by atoms with Crippen molar-refractivity contribution in [2.45, 2.75) is 64.8 Å². The minimum atomic E-state index is 0. The molecular weight excluding hydrogens is 532 g/mol. The number of benzene rings is 1. The van der Waals surface area contributed by atoms with Crippen molar-refractivity contribution >= 4 is 0 Å². The van der Waals surface area contributed by atoms with E-state index < -0.39 is 0 Å². The average molecular weight is 573 g/mol. The van der Waals surface area contributed by atoms with Crippen LogP contribution in [0.25, 0.3) is 5.32 Å². The number of nitrogens with zero attached hydrogens (tertiary/aromatic N) is 2. The summed E-state index contributed by atoms with van der Waals surface area (Å²) in [4.78, 5) is 2.08. The van der Waals surface area contributed by atoms with Crippen molar-refractivity contribution in [3.05, 3.63) is 40.7 Å². The topological polar surface area (TPSA) is 57.8 Å². The van der Waals surface area contributed by atoms with Gasteiger partial charge >= 0.3 is 0 Å². The van der Waals surface area contributed by atoms with Crippen LogP contribution in [-0.4, -0.2) is 54.5 Å². The summed E-state index contributed by atoms with van der Waals surface area (Å²) in [6, 6.07) is 9.46. The first-order valence-corrected chi connectivity index (χ1v) is 11.3. The molecule has 0 bridgehead atoms. The van der Waals surface area contributed by atoms with Crippen molar-refractivity contribution in [3.63, 3.8) is 0 Å². The van der Waals surface area contributed by atoms with E-state index >= 15 is 0 Å². The Kier molecular flexibility index (Phi) is 14.3. The first-order chi connectivity index (χ1) is 13.7. The minimum Gasteiger partial charge on any atom is -0.655 e. The molecule has 1 unspecified atom stereocenters. The second kappa shape index (κ2) is 15.5. The first kappa shape index (κ1) is 26.8. The predicted molar refractivity (Wildman–Crippen MR) is 118 cm³/mol. The average Bonchev–Trinajstić information content (AvgIpc) is 2.73. The minimum absolute atomic E-state index is 0. The van der Waals surface area contributed by atoms with E-state index in [9.17, 15) is 0 Å². The number of hydrogen-bond acceptors (Lipinski definition) is 3. The van der Waals surface area contributed by atoms with Gasteiger partial charge in [-0.1, -0.05) is 81.7 Å². The Balaban J connectivity index is 0.000000295. The van der Waals surface area contributed by atoms with Gasteiger partial charge in [0.05, 0.1) is 13.2 Å². The van der Waals surface area contributed by atoms with Gasteiger partial charge in [0, 0.05) is 34.2 Å². The molecule has 1 saturated carbocycles. The molecule has 2 N–H and O–H groups in total. The normalized spacial score (nSPS) is 19.3. The second-order valence-electron chi connectivity index (χ2n) is 8.67. The van der Waals surface area contributed by atoms with E-state index in [4.69, 9.17) is 15.5 Å². The third-order valence-electron chi connectivity index (χ3n) is 6.03. The van der Waals surface area contributed by atoms with Crippen molar-refractivity contribution in [3.8, 4) is 0 Å². The molecule has 5 heteroatoms. The van der Waals surface area contributed by atoms with Crippen LogP contribution in [0.3, 0.4) is 0 Å². The zero-order chi connectivity index (χ0) is 20.2. The Morgan fingerprint density at radius 3 is 2.28 bits per heavy atom. The van der Waals surface area contributed by atoms with Crippen molar-refractivity contribution < 1.29 is 31.3 Å². The van der Waals surface area contributed by atoms with E-state index in [0.717, 1.165) is 31.8 Å². The smallest absolute Gasteiger partial charge is 0.0558 e. The van der Waals surface area contributed by atoms with Crippen molar-refractivity contribution in [2.75, 3.05) is 39.4 Å². The van der Waals surface area contributed by atoms with E-state index in [1.165, 1.54) is 37.7 Å². The number of rotatable bonds is 8. The Morgan fingerprint density at radius 1 is 1.00 bits per heavy atom. The van der Waals surface area contributed by atoms with Crippen LogP contribution in [0.5, 0.6) is 0 Å². The molecule has 4 nitrogen and oxygen atoms in total. The Morgan fingerprint density at radius 2 is 1.66 bits per heavy atom. The van der Waals surface area contributed by atoms with E-state index in [-0.39, 0.29) is 34.3 Å². The summed E-state index contributed by atoms with van der Waals surface area (Å²) < 4.78 is 0. The SMILES string of the molecule is CC(C)CCN(CCO)CCO.[W].c1ccc2c(c1)CC[N-]C2C1CCCCC1. The molecule has 1 aliphatic carbocycles. The summed E-state index contributed by atoms with van der Waals surface area (Å²) in [5, 5.41) is 22.3. The second-order valence-corrected chi connectivity index (χ2v) is 8.67. The number of hydrogen-bond donors (Lipinski definition) is 2. The van der Waals surface area contributed by atoms with Crippen LogP contribution in [0.2, 0.25) is 0 Å². The Bertz CT molecular complexity index is 529. The Hall–Kier alpha value is -0.252. The molecule has 1 atom stereocenters. The van der Waals surface area contributed by atoms with E-state index in [1.54, 1.807) is 5.56 Å². The zero-order valence-electron chi connectivity index (χ0n) is 18.4. The van der Waals surface area contributed by atoms with Gasteiger partial charge < -0.3 is 15.5 Å². The number of fused-ring (bicyclic) bond motifs is 1. The number of aliphatic hydroxyl groups is 2. The zero-order valence-corrected chi connectivity index (χ0v) is 21.4. The summed E-state index contributed by atoms with van der Waals surface area (Å²) >= 11 is 0. The van der Waals surface area contributed by atoms with Gasteiger partial charge in [-0.05, 0) is 30.9 Å². The van der Waals surface area contributed by atoms with E-state index in [2.05, 4.69) is 43.0 Å². The molecule has 2 aliphatic rings. The maximum Gasteiger partial charge on any atom is 0.0558 e. The van der Waals surface area contributed by atoms with Crippen molar-refractivity contribution in [1.82, 2.24) is 4.90 Å². The molecular formula is C24H41N2O2W-. The van der Waals surface area contributed by atoms with Crippen LogP contribution in [0.4, 0.5) is 0 Å². The molecule has 0 spiro atoms. The van der Waals surface area contributed by atoms with E-state index in [1.807, 2.05) is 0 Å². The van der Waals surface area contributed by atoms with Gasteiger partial charge in [-0.3, -0.25) is 4.90 Å². The molecule has 3 rings (SSSR count). The predicted octanol–water partition coefficient (Wildman–Crippen LogP) is 4.55. The monoisotopic (exact) mass is 573 g/mol. The van der Waals surface area contributed by atoms with Gasteiger partial charge in [0.15, 0.2) is 0 Å². The maximum absolute atomic E-state index is 8.71. The molecule has 1 aromatic carbocycles. The number of aliphatic hydroxyl groups excluding tert-OH is 2. The van der Waals surface area contributed by atoms with Crippen LogP contribution in [-0.2, 0) is 27.5 Å². The van der Waals surface area contributed by atoms with Crippen LogP contribution >= 0.6 is 0 Å². The van der Waals surface area contributed by atoms with E-state index in [0.29, 0.717) is 25.0 Å². The largest absolute Gasteiger partial charge is 0.655 e. The van der Waals surface area contributed by atoms with Gasteiger partial charge in [0.25, 0.3) is 0 Å². The fourth-order valence-electron chi connectivity index (χ4n) is 4.38. The molecule has 1 heterocycles. The third-order valence-corrected chi connectivity index (χ3v) is 6.03. The van der Waals surface area contributed by atoms with Gasteiger partial charge in [-0.25, -0.2) is 0 Å². The summed E-state index contributed by atoms with van der Waals surface area (Å²) in [7, 11) is 0. The van der Waals surface area contributed by atoms with Gasteiger partial charge in [-0.2, -0.15) is 0 Å². The summed E-state index contributed by atoms with van der Waals surface area (Å²) in [5.41, 5.74) is 3.08. The molecule has 0 amide bonds. The maximum atomic E-state index is 8.71. The molecule has 1 aliphatic heterocycles. The molecule has 0 saturated heterocycles. The summed E-state index contributed by atoms with van der Waals surface area (Å²) in [6.45, 7) is 8.07. The third kappa shape index (κ3) is 9.61. The van der Waals surface area contributed by atoms with Crippen molar-refractivity contribution in [2.24, 2.45) is 11.8 Å². The van der Waals surface area contributed by atoms with Crippen LogP contribution in [0, 0.1) is 11.8 Å². The molecule has 29 heavy (non-hydrogen) atoms. The fourth-order valence-corrected chi connectivity index (χ4v) is 4.38. The summed E-state index contributed by atoms with van der Waals surface area (Å²) in [6.07, 6.45) is 9.33. The molecule has 166 valence electrons. The molecule has 0 radical (unpaired) electrons. The Labute approximate surface area is 192 Å². The standard InChI is InChI=1S/C15H20N.C9H21NO2.W/c1-2-7-13(8-3-1)15-14-9-5-4-6-12(14)10-11-16-15;1-9(2)3-4-10(5-7-11)6-8-12;/h4-6,9,13,15H,1-3,7-8,10-11H2;9,11-12H,3-8H2,1-2H3;/q-1;;. The van der Waals surface area contributed by atoms with Crippen LogP contribution < -0.4 is 0 Å². The molecule has 1 fully saturated rings. The molecule has 1 aromatic rings. The molecule has 0 aromatic heterocycles.